The molecule has 0 amide bonds. The molecule has 0 spiro atoms. The summed E-state index contributed by atoms with van der Waals surface area (Å²) in [6.07, 6.45) is 1.83. The van der Waals surface area contributed by atoms with Crippen LogP contribution in [0.2, 0.25) is 0 Å². The van der Waals surface area contributed by atoms with Gasteiger partial charge in [-0.3, -0.25) is 0 Å². The number of rotatable bonds is 2. The van der Waals surface area contributed by atoms with Gasteiger partial charge in [0.15, 0.2) is 0 Å². The molecule has 1 atom stereocenters. The van der Waals surface area contributed by atoms with Crippen molar-refractivity contribution in [3.05, 3.63) is 42.0 Å². The highest BCUT2D eigenvalue weighted by Crippen LogP contribution is 2.36. The second-order valence-corrected chi connectivity index (χ2v) is 4.59. The average Bonchev–Trinajstić information content (AvgIpc) is 2.49. The van der Waals surface area contributed by atoms with Gasteiger partial charge in [0.25, 0.3) is 0 Å². The molecule has 1 aliphatic rings. The van der Waals surface area contributed by atoms with Crippen LogP contribution in [-0.2, 0) is 6.42 Å². The lowest BCUT2D eigenvalue weighted by Gasteiger charge is -2.17. The van der Waals surface area contributed by atoms with Gasteiger partial charge >= 0.3 is 0 Å². The molecule has 0 aromatic heterocycles. The Morgan fingerprint density at radius 3 is 2.93 bits per heavy atom. The lowest BCUT2D eigenvalue weighted by molar-refractivity contribution is 0.138. The van der Waals surface area contributed by atoms with E-state index in [1.807, 2.05) is 18.2 Å². The first-order valence-corrected chi connectivity index (χ1v) is 5.14. The van der Waals surface area contributed by atoms with Crippen LogP contribution in [0.3, 0.4) is 0 Å². The normalized spacial score (nSPS) is 19.1. The second kappa shape index (κ2) is 3.38. The molecule has 2 nitrogen and oxygen atoms in total. The Morgan fingerprint density at radius 1 is 1.53 bits per heavy atom. The van der Waals surface area contributed by atoms with Gasteiger partial charge in [0, 0.05) is 6.42 Å². The van der Waals surface area contributed by atoms with Gasteiger partial charge in [-0.05, 0) is 31.0 Å². The van der Waals surface area contributed by atoms with Gasteiger partial charge in [0.1, 0.15) is 11.4 Å². The number of fused-ring (bicyclic) bond motifs is 1. The summed E-state index contributed by atoms with van der Waals surface area (Å²) in [6, 6.07) is 5.85. The summed E-state index contributed by atoms with van der Waals surface area (Å²) >= 11 is 0. The van der Waals surface area contributed by atoms with Crippen molar-refractivity contribution in [1.82, 2.24) is 0 Å². The molecule has 15 heavy (non-hydrogen) atoms. The van der Waals surface area contributed by atoms with E-state index >= 15 is 0 Å². The molecule has 1 aromatic carbocycles. The smallest absolute Gasteiger partial charge is 0.123 e. The van der Waals surface area contributed by atoms with Gasteiger partial charge in [-0.15, -0.1) is 6.58 Å². The van der Waals surface area contributed by atoms with Gasteiger partial charge in [-0.25, -0.2) is 0 Å². The van der Waals surface area contributed by atoms with E-state index in [0.29, 0.717) is 0 Å². The summed E-state index contributed by atoms with van der Waals surface area (Å²) in [5.74, 6) is 0.887. The zero-order chi connectivity index (χ0) is 11.1. The van der Waals surface area contributed by atoms with Crippen molar-refractivity contribution in [2.75, 3.05) is 0 Å². The fourth-order valence-corrected chi connectivity index (χ4v) is 1.92. The molecular weight excluding hydrogens is 188 g/mol. The largest absolute Gasteiger partial charge is 0.487 e. The van der Waals surface area contributed by atoms with E-state index in [1.165, 1.54) is 11.6 Å². The van der Waals surface area contributed by atoms with E-state index in [2.05, 4.69) is 20.4 Å². The maximum Gasteiger partial charge on any atom is 0.123 e. The summed E-state index contributed by atoms with van der Waals surface area (Å²) < 4.78 is 5.78. The molecule has 1 heterocycles. The third-order valence-electron chi connectivity index (χ3n) is 2.66. The average molecular weight is 204 g/mol. The molecule has 1 N–H and O–H groups in total. The molecule has 80 valence electrons. The number of aliphatic hydroxyl groups excluding tert-OH is 1. The van der Waals surface area contributed by atoms with Gasteiger partial charge in [-0.2, -0.15) is 0 Å². The van der Waals surface area contributed by atoms with E-state index in [0.717, 1.165) is 17.7 Å². The van der Waals surface area contributed by atoms with Crippen molar-refractivity contribution in [2.45, 2.75) is 32.0 Å². The first-order chi connectivity index (χ1) is 7.02. The zero-order valence-electron chi connectivity index (χ0n) is 9.16. The number of benzene rings is 1. The first-order valence-electron chi connectivity index (χ1n) is 5.14. The number of hydrogen-bond donors (Lipinski definition) is 1. The molecule has 0 aliphatic carbocycles. The van der Waals surface area contributed by atoms with Gasteiger partial charge in [0.05, 0.1) is 6.10 Å². The van der Waals surface area contributed by atoms with E-state index in [4.69, 9.17) is 4.74 Å². The zero-order valence-corrected chi connectivity index (χ0v) is 9.16. The molecule has 2 rings (SSSR count). The summed E-state index contributed by atoms with van der Waals surface area (Å²) in [4.78, 5) is 0. The van der Waals surface area contributed by atoms with Crippen LogP contribution in [0.1, 0.15) is 31.1 Å². The number of ether oxygens (including phenoxy) is 1. The SMILES string of the molecule is C=CC(O)c1ccc2c(c1)OC(C)(C)C2. The van der Waals surface area contributed by atoms with Crippen molar-refractivity contribution in [1.29, 1.82) is 0 Å². The molecule has 0 saturated carbocycles. The van der Waals surface area contributed by atoms with Crippen molar-refractivity contribution < 1.29 is 9.84 Å². The highest BCUT2D eigenvalue weighted by molar-refractivity contribution is 5.43. The highest BCUT2D eigenvalue weighted by atomic mass is 16.5. The fourth-order valence-electron chi connectivity index (χ4n) is 1.92. The molecule has 0 saturated heterocycles. The quantitative estimate of drug-likeness (QED) is 0.750. The Kier molecular flexibility index (Phi) is 2.31. The molecule has 2 heteroatoms. The van der Waals surface area contributed by atoms with Crippen molar-refractivity contribution in [2.24, 2.45) is 0 Å². The van der Waals surface area contributed by atoms with Crippen LogP contribution in [0.25, 0.3) is 0 Å². The third-order valence-corrected chi connectivity index (χ3v) is 2.66. The van der Waals surface area contributed by atoms with Gasteiger partial charge in [-0.1, -0.05) is 18.2 Å². The maximum atomic E-state index is 9.62. The summed E-state index contributed by atoms with van der Waals surface area (Å²) in [7, 11) is 0. The Labute approximate surface area is 90.2 Å². The van der Waals surface area contributed by atoms with Crippen molar-refractivity contribution >= 4 is 0 Å². The van der Waals surface area contributed by atoms with Gasteiger partial charge in [0.2, 0.25) is 0 Å². The summed E-state index contributed by atoms with van der Waals surface area (Å²) in [5.41, 5.74) is 1.92. The van der Waals surface area contributed by atoms with Crippen molar-refractivity contribution in [3.8, 4) is 5.75 Å². The Bertz CT molecular complexity index is 394. The Balaban J connectivity index is 2.34. The second-order valence-electron chi connectivity index (χ2n) is 4.59. The lowest BCUT2D eigenvalue weighted by atomic mass is 10.00. The fraction of sp³-hybridized carbons (Fsp3) is 0.385. The Hall–Kier alpha value is -1.28. The minimum absolute atomic E-state index is 0.125. The summed E-state index contributed by atoms with van der Waals surface area (Å²) in [6.45, 7) is 7.70. The van der Waals surface area contributed by atoms with Crippen LogP contribution in [-0.4, -0.2) is 10.7 Å². The lowest BCUT2D eigenvalue weighted by Crippen LogP contribution is -2.24. The Morgan fingerprint density at radius 2 is 2.27 bits per heavy atom. The molecule has 1 aromatic rings. The monoisotopic (exact) mass is 204 g/mol. The maximum absolute atomic E-state index is 9.62. The molecular formula is C13H16O2. The van der Waals surface area contributed by atoms with Crippen LogP contribution in [0.4, 0.5) is 0 Å². The van der Waals surface area contributed by atoms with Crippen LogP contribution in [0.5, 0.6) is 5.75 Å². The summed E-state index contributed by atoms with van der Waals surface area (Å²) in [5, 5.41) is 9.62. The molecule has 1 aliphatic heterocycles. The molecule has 0 radical (unpaired) electrons. The predicted molar refractivity (Wildman–Crippen MR) is 60.0 cm³/mol. The van der Waals surface area contributed by atoms with Crippen LogP contribution < -0.4 is 4.74 Å². The van der Waals surface area contributed by atoms with E-state index in [-0.39, 0.29) is 5.60 Å². The molecule has 0 fully saturated rings. The highest BCUT2D eigenvalue weighted by Gasteiger charge is 2.30. The van der Waals surface area contributed by atoms with E-state index in [9.17, 15) is 5.11 Å². The topological polar surface area (TPSA) is 29.5 Å². The van der Waals surface area contributed by atoms with Crippen LogP contribution in [0, 0.1) is 0 Å². The predicted octanol–water partition coefficient (Wildman–Crippen LogP) is 2.62. The number of hydrogen-bond acceptors (Lipinski definition) is 2. The molecule has 1 unspecified atom stereocenters. The number of aliphatic hydroxyl groups is 1. The van der Waals surface area contributed by atoms with Crippen molar-refractivity contribution in [3.63, 3.8) is 0 Å². The van der Waals surface area contributed by atoms with Crippen LogP contribution in [0.15, 0.2) is 30.9 Å². The minimum Gasteiger partial charge on any atom is -0.487 e. The molecule has 0 bridgehead atoms. The van der Waals surface area contributed by atoms with E-state index in [1.54, 1.807) is 0 Å². The standard InChI is InChI=1S/C13H16O2/c1-4-11(14)9-5-6-10-8-13(2,3)15-12(10)7-9/h4-7,11,14H,1,8H2,2-3H3. The first kappa shape index (κ1) is 10.2. The third kappa shape index (κ3) is 1.90. The van der Waals surface area contributed by atoms with E-state index < -0.39 is 6.10 Å². The van der Waals surface area contributed by atoms with Gasteiger partial charge < -0.3 is 9.84 Å². The van der Waals surface area contributed by atoms with Crippen LogP contribution >= 0.6 is 0 Å². The minimum atomic E-state index is -0.609.